The molecule has 0 aromatic rings. The van der Waals surface area contributed by atoms with Gasteiger partial charge in [-0.15, -0.1) is 0 Å². The molecule has 3 heteroatoms. The summed E-state index contributed by atoms with van der Waals surface area (Å²) in [7, 11) is 1.94. The number of halogens is 1. The minimum absolute atomic E-state index is 0.196. The molecule has 2 nitrogen and oxygen atoms in total. The van der Waals surface area contributed by atoms with Gasteiger partial charge in [-0.2, -0.15) is 0 Å². The highest BCUT2D eigenvalue weighted by Gasteiger charge is 2.32. The van der Waals surface area contributed by atoms with E-state index in [9.17, 15) is 4.79 Å². The number of rotatable bonds is 2. The second-order valence-corrected chi connectivity index (χ2v) is 7.30. The third-order valence-corrected chi connectivity index (χ3v) is 3.62. The normalized spacial score (nSPS) is 27.5. The Hall–Kier alpha value is -0.0500. The van der Waals surface area contributed by atoms with Crippen LogP contribution in [0.15, 0.2) is 0 Å². The first kappa shape index (κ1) is 13.0. The van der Waals surface area contributed by atoms with Crippen molar-refractivity contribution in [1.29, 1.82) is 0 Å². The Morgan fingerprint density at radius 3 is 2.47 bits per heavy atom. The molecule has 2 unspecified atom stereocenters. The van der Waals surface area contributed by atoms with Crippen molar-refractivity contribution in [2.75, 3.05) is 7.05 Å². The smallest absolute Gasteiger partial charge is 0.238 e. The van der Waals surface area contributed by atoms with E-state index in [0.717, 1.165) is 18.8 Å². The van der Waals surface area contributed by atoms with Gasteiger partial charge >= 0.3 is 0 Å². The molecule has 0 spiro atoms. The first-order valence-corrected chi connectivity index (χ1v) is 6.58. The van der Waals surface area contributed by atoms with E-state index in [4.69, 9.17) is 0 Å². The van der Waals surface area contributed by atoms with Crippen LogP contribution in [0.5, 0.6) is 0 Å². The molecule has 1 aliphatic rings. The van der Waals surface area contributed by atoms with Crippen LogP contribution in [0.1, 0.15) is 46.5 Å². The molecule has 15 heavy (non-hydrogen) atoms. The minimum Gasteiger partial charge on any atom is -0.342 e. The molecule has 1 rings (SSSR count). The molecule has 88 valence electrons. The summed E-state index contributed by atoms with van der Waals surface area (Å²) in [4.78, 5) is 14.0. The van der Waals surface area contributed by atoms with E-state index in [1.807, 2.05) is 25.8 Å². The lowest BCUT2D eigenvalue weighted by Gasteiger charge is -2.36. The highest BCUT2D eigenvalue weighted by molar-refractivity contribution is 9.10. The van der Waals surface area contributed by atoms with Crippen molar-refractivity contribution in [3.63, 3.8) is 0 Å². The molecule has 0 aliphatic heterocycles. The molecular weight excluding hydrogens is 254 g/mol. The number of hydrogen-bond donors (Lipinski definition) is 0. The number of amides is 1. The zero-order valence-electron chi connectivity index (χ0n) is 10.2. The lowest BCUT2D eigenvalue weighted by atomic mass is 9.86. The van der Waals surface area contributed by atoms with E-state index in [-0.39, 0.29) is 5.91 Å². The fraction of sp³-hybridized carbons (Fsp3) is 0.917. The molecule has 0 aromatic heterocycles. The van der Waals surface area contributed by atoms with Crippen molar-refractivity contribution < 1.29 is 4.79 Å². The molecule has 0 N–H and O–H groups in total. The molecule has 1 aliphatic carbocycles. The highest BCUT2D eigenvalue weighted by atomic mass is 79.9. The van der Waals surface area contributed by atoms with Crippen molar-refractivity contribution in [3.05, 3.63) is 0 Å². The number of nitrogens with zero attached hydrogens (tertiary/aromatic N) is 1. The van der Waals surface area contributed by atoms with Crippen molar-refractivity contribution in [2.45, 2.75) is 56.8 Å². The van der Waals surface area contributed by atoms with Crippen LogP contribution in [0.2, 0.25) is 0 Å². The van der Waals surface area contributed by atoms with Gasteiger partial charge in [-0.05, 0) is 32.6 Å². The van der Waals surface area contributed by atoms with E-state index in [2.05, 4.69) is 22.9 Å². The van der Waals surface area contributed by atoms with Crippen LogP contribution < -0.4 is 0 Å². The lowest BCUT2D eigenvalue weighted by Crippen LogP contribution is -2.46. The largest absolute Gasteiger partial charge is 0.342 e. The van der Waals surface area contributed by atoms with Gasteiger partial charge in [-0.25, -0.2) is 0 Å². The first-order chi connectivity index (χ1) is 6.82. The van der Waals surface area contributed by atoms with Crippen LogP contribution in [0, 0.1) is 5.92 Å². The Balaban J connectivity index is 2.59. The predicted molar refractivity (Wildman–Crippen MR) is 67.2 cm³/mol. The maximum atomic E-state index is 12.0. The van der Waals surface area contributed by atoms with E-state index in [1.165, 1.54) is 12.8 Å². The van der Waals surface area contributed by atoms with Gasteiger partial charge in [-0.3, -0.25) is 4.79 Å². The fourth-order valence-corrected chi connectivity index (χ4v) is 2.62. The van der Waals surface area contributed by atoms with Crippen LogP contribution in [-0.4, -0.2) is 28.2 Å². The van der Waals surface area contributed by atoms with Gasteiger partial charge < -0.3 is 4.90 Å². The number of hydrogen-bond acceptors (Lipinski definition) is 1. The first-order valence-electron chi connectivity index (χ1n) is 5.78. The van der Waals surface area contributed by atoms with Crippen LogP contribution in [-0.2, 0) is 4.79 Å². The summed E-state index contributed by atoms with van der Waals surface area (Å²) >= 11 is 3.44. The fourth-order valence-electron chi connectivity index (χ4n) is 2.34. The van der Waals surface area contributed by atoms with Crippen LogP contribution in [0.3, 0.4) is 0 Å². The Morgan fingerprint density at radius 1 is 1.40 bits per heavy atom. The quantitative estimate of drug-likeness (QED) is 0.709. The summed E-state index contributed by atoms with van der Waals surface area (Å²) in [5.74, 6) is 0.957. The predicted octanol–water partition coefficient (Wildman–Crippen LogP) is 3.20. The molecule has 1 amide bonds. The van der Waals surface area contributed by atoms with Gasteiger partial charge in [0, 0.05) is 13.1 Å². The Labute approximate surface area is 102 Å². The van der Waals surface area contributed by atoms with Gasteiger partial charge in [0.25, 0.3) is 0 Å². The molecular formula is C12H22BrNO. The van der Waals surface area contributed by atoms with E-state index >= 15 is 0 Å². The Morgan fingerprint density at radius 2 is 2.00 bits per heavy atom. The van der Waals surface area contributed by atoms with Gasteiger partial charge in [0.05, 0.1) is 4.32 Å². The third-order valence-electron chi connectivity index (χ3n) is 3.29. The maximum Gasteiger partial charge on any atom is 0.238 e. The maximum absolute atomic E-state index is 12.0. The third kappa shape index (κ3) is 3.47. The molecule has 2 atom stereocenters. The summed E-state index contributed by atoms with van der Waals surface area (Å²) in [6.07, 6.45) is 4.89. The number of alkyl halides is 1. The summed E-state index contributed by atoms with van der Waals surface area (Å²) < 4.78 is -0.428. The van der Waals surface area contributed by atoms with Crippen LogP contribution in [0.25, 0.3) is 0 Å². The lowest BCUT2D eigenvalue weighted by molar-refractivity contribution is -0.134. The van der Waals surface area contributed by atoms with Gasteiger partial charge in [-0.1, -0.05) is 35.7 Å². The Bertz CT molecular complexity index is 234. The zero-order valence-corrected chi connectivity index (χ0v) is 11.8. The van der Waals surface area contributed by atoms with Crippen molar-refractivity contribution in [1.82, 2.24) is 4.90 Å². The zero-order chi connectivity index (χ0) is 11.6. The van der Waals surface area contributed by atoms with Crippen LogP contribution in [0.4, 0.5) is 0 Å². The summed E-state index contributed by atoms with van der Waals surface area (Å²) in [6.45, 7) is 6.11. The van der Waals surface area contributed by atoms with Gasteiger partial charge in [0.1, 0.15) is 0 Å². The van der Waals surface area contributed by atoms with Crippen molar-refractivity contribution in [2.24, 2.45) is 5.92 Å². The SMILES string of the molecule is CC1CCCC(N(C)C(=O)C(C)(C)Br)C1. The minimum atomic E-state index is -0.428. The molecule has 0 radical (unpaired) electrons. The van der Waals surface area contributed by atoms with E-state index < -0.39 is 4.32 Å². The summed E-state index contributed by atoms with van der Waals surface area (Å²) in [5, 5.41) is 0. The van der Waals surface area contributed by atoms with Gasteiger partial charge in [0.15, 0.2) is 0 Å². The topological polar surface area (TPSA) is 20.3 Å². The number of carbonyl (C=O) groups is 1. The molecule has 0 heterocycles. The Kier molecular flexibility index (Phi) is 4.21. The standard InChI is InChI=1S/C12H22BrNO/c1-9-6-5-7-10(8-9)14(4)11(15)12(2,3)13/h9-10H,5-8H2,1-4H3. The monoisotopic (exact) mass is 275 g/mol. The molecule has 0 bridgehead atoms. The van der Waals surface area contributed by atoms with E-state index in [1.54, 1.807) is 0 Å². The van der Waals surface area contributed by atoms with Gasteiger partial charge in [0.2, 0.25) is 5.91 Å². The summed E-state index contributed by atoms with van der Waals surface area (Å²) in [6, 6.07) is 0.443. The average Bonchev–Trinajstić information content (AvgIpc) is 2.14. The second-order valence-electron chi connectivity index (χ2n) is 5.31. The molecule has 0 saturated heterocycles. The van der Waals surface area contributed by atoms with Crippen LogP contribution >= 0.6 is 15.9 Å². The second kappa shape index (κ2) is 4.86. The van der Waals surface area contributed by atoms with Crippen molar-refractivity contribution in [3.8, 4) is 0 Å². The average molecular weight is 276 g/mol. The number of carbonyl (C=O) groups excluding carboxylic acids is 1. The highest BCUT2D eigenvalue weighted by Crippen LogP contribution is 2.29. The molecule has 0 aromatic carbocycles. The summed E-state index contributed by atoms with van der Waals surface area (Å²) in [5.41, 5.74) is 0. The van der Waals surface area contributed by atoms with E-state index in [0.29, 0.717) is 6.04 Å². The van der Waals surface area contributed by atoms with Crippen molar-refractivity contribution >= 4 is 21.8 Å². The molecule has 1 fully saturated rings. The molecule has 1 saturated carbocycles.